The second-order valence-electron chi connectivity index (χ2n) is 6.24. The highest BCUT2D eigenvalue weighted by atomic mass is 16.2. The van der Waals surface area contributed by atoms with Crippen LogP contribution in [0.1, 0.15) is 29.8 Å². The van der Waals surface area contributed by atoms with E-state index in [1.807, 2.05) is 23.1 Å². The number of aromatic nitrogens is 3. The van der Waals surface area contributed by atoms with Crippen molar-refractivity contribution in [2.45, 2.75) is 25.3 Å². The van der Waals surface area contributed by atoms with Crippen molar-refractivity contribution in [3.63, 3.8) is 0 Å². The van der Waals surface area contributed by atoms with Gasteiger partial charge in [0.2, 0.25) is 0 Å². The molecule has 3 heterocycles. The van der Waals surface area contributed by atoms with Crippen LogP contribution in [-0.4, -0.2) is 64.1 Å². The lowest BCUT2D eigenvalue weighted by Gasteiger charge is -2.23. The minimum atomic E-state index is 0.0391. The number of hydrogen-bond donors (Lipinski definition) is 1. The Bertz CT molecular complexity index is 652. The molecule has 122 valence electrons. The van der Waals surface area contributed by atoms with Gasteiger partial charge in [-0.15, -0.1) is 0 Å². The van der Waals surface area contributed by atoms with Crippen LogP contribution in [0.2, 0.25) is 0 Å². The number of likely N-dealkylation sites (tertiary alicyclic amines) is 1. The number of hydrogen-bond acceptors (Lipinski definition) is 4. The lowest BCUT2D eigenvalue weighted by atomic mass is 10.1. The summed E-state index contributed by atoms with van der Waals surface area (Å²) < 4.78 is 0. The van der Waals surface area contributed by atoms with Crippen molar-refractivity contribution in [1.82, 2.24) is 25.0 Å². The van der Waals surface area contributed by atoms with Gasteiger partial charge in [-0.1, -0.05) is 0 Å². The predicted molar refractivity (Wildman–Crippen MR) is 89.0 cm³/mol. The normalized spacial score (nSPS) is 18.9. The molecule has 3 rings (SSSR count). The van der Waals surface area contributed by atoms with Gasteiger partial charge in [0.1, 0.15) is 5.69 Å². The van der Waals surface area contributed by atoms with Crippen molar-refractivity contribution in [2.75, 3.05) is 27.2 Å². The van der Waals surface area contributed by atoms with E-state index in [0.717, 1.165) is 43.6 Å². The molecule has 0 unspecified atom stereocenters. The van der Waals surface area contributed by atoms with Gasteiger partial charge in [0.15, 0.2) is 0 Å². The zero-order valence-electron chi connectivity index (χ0n) is 13.7. The van der Waals surface area contributed by atoms with E-state index in [4.69, 9.17) is 0 Å². The largest absolute Gasteiger partial charge is 0.337 e. The highest BCUT2D eigenvalue weighted by Crippen LogP contribution is 2.19. The standard InChI is InChI=1S/C17H23N5O/c1-21(2)14-4-3-10-22(11-7-14)17(23)16-12-15(19-20-16)13-5-8-18-9-6-13/h5-6,8-9,12,14H,3-4,7,10-11H2,1-2H3,(H,19,20)/t14-/m1/s1. The first kappa shape index (κ1) is 15.7. The van der Waals surface area contributed by atoms with Gasteiger partial charge in [-0.05, 0) is 51.6 Å². The van der Waals surface area contributed by atoms with Gasteiger partial charge < -0.3 is 9.80 Å². The molecule has 0 aromatic carbocycles. The summed E-state index contributed by atoms with van der Waals surface area (Å²) >= 11 is 0. The Balaban J connectivity index is 1.70. The van der Waals surface area contributed by atoms with Crippen molar-refractivity contribution >= 4 is 5.91 Å². The second kappa shape index (κ2) is 6.91. The summed E-state index contributed by atoms with van der Waals surface area (Å²) in [4.78, 5) is 20.9. The van der Waals surface area contributed by atoms with E-state index < -0.39 is 0 Å². The van der Waals surface area contributed by atoms with E-state index in [1.54, 1.807) is 12.4 Å². The van der Waals surface area contributed by atoms with Crippen LogP contribution in [0.5, 0.6) is 0 Å². The average molecular weight is 313 g/mol. The SMILES string of the molecule is CN(C)[C@@H]1CCCN(C(=O)c2cc(-c3ccncc3)n[nH]2)CC1. The molecule has 0 saturated carbocycles. The van der Waals surface area contributed by atoms with E-state index in [-0.39, 0.29) is 5.91 Å². The summed E-state index contributed by atoms with van der Waals surface area (Å²) in [6.07, 6.45) is 6.65. The monoisotopic (exact) mass is 313 g/mol. The summed E-state index contributed by atoms with van der Waals surface area (Å²) in [5.74, 6) is 0.0391. The number of rotatable bonds is 3. The number of amides is 1. The Labute approximate surface area is 136 Å². The van der Waals surface area contributed by atoms with Crippen molar-refractivity contribution < 1.29 is 4.79 Å². The van der Waals surface area contributed by atoms with Crippen LogP contribution in [0, 0.1) is 0 Å². The van der Waals surface area contributed by atoms with Crippen LogP contribution in [0.4, 0.5) is 0 Å². The molecule has 1 N–H and O–H groups in total. The van der Waals surface area contributed by atoms with Gasteiger partial charge >= 0.3 is 0 Å². The zero-order valence-corrected chi connectivity index (χ0v) is 13.7. The molecule has 1 fully saturated rings. The molecule has 2 aromatic rings. The van der Waals surface area contributed by atoms with Crippen LogP contribution >= 0.6 is 0 Å². The predicted octanol–water partition coefficient (Wildman–Crippen LogP) is 2.03. The maximum Gasteiger partial charge on any atom is 0.271 e. The molecule has 23 heavy (non-hydrogen) atoms. The third-order valence-corrected chi connectivity index (χ3v) is 4.50. The van der Waals surface area contributed by atoms with Crippen LogP contribution in [0.3, 0.4) is 0 Å². The summed E-state index contributed by atoms with van der Waals surface area (Å²) in [7, 11) is 4.22. The molecule has 1 saturated heterocycles. The first-order valence-corrected chi connectivity index (χ1v) is 8.06. The Morgan fingerprint density at radius 2 is 2.04 bits per heavy atom. The maximum atomic E-state index is 12.7. The van der Waals surface area contributed by atoms with Gasteiger partial charge in [-0.3, -0.25) is 14.9 Å². The number of pyridine rings is 1. The van der Waals surface area contributed by atoms with Gasteiger partial charge in [-0.25, -0.2) is 0 Å². The Hall–Kier alpha value is -2.21. The summed E-state index contributed by atoms with van der Waals surface area (Å²) in [5, 5.41) is 7.14. The fourth-order valence-electron chi connectivity index (χ4n) is 3.07. The van der Waals surface area contributed by atoms with Gasteiger partial charge in [0.25, 0.3) is 5.91 Å². The van der Waals surface area contributed by atoms with E-state index in [0.29, 0.717) is 11.7 Å². The van der Waals surface area contributed by atoms with Gasteiger partial charge in [0, 0.05) is 37.1 Å². The van der Waals surface area contributed by atoms with Crippen molar-refractivity contribution in [2.24, 2.45) is 0 Å². The fraction of sp³-hybridized carbons (Fsp3) is 0.471. The lowest BCUT2D eigenvalue weighted by molar-refractivity contribution is 0.0752. The topological polar surface area (TPSA) is 65.1 Å². The molecular formula is C17H23N5O. The molecule has 6 nitrogen and oxygen atoms in total. The molecule has 2 aromatic heterocycles. The number of nitrogens with one attached hydrogen (secondary N) is 1. The van der Waals surface area contributed by atoms with Gasteiger partial charge in [-0.2, -0.15) is 5.10 Å². The molecule has 1 aliphatic rings. The molecule has 0 spiro atoms. The molecule has 1 atom stereocenters. The zero-order chi connectivity index (χ0) is 16.2. The molecule has 1 amide bonds. The number of carbonyl (C=O) groups excluding carboxylic acids is 1. The Morgan fingerprint density at radius 1 is 1.26 bits per heavy atom. The van der Waals surface area contributed by atoms with E-state index in [2.05, 4.69) is 34.2 Å². The maximum absolute atomic E-state index is 12.7. The van der Waals surface area contributed by atoms with Crippen LogP contribution in [-0.2, 0) is 0 Å². The third-order valence-electron chi connectivity index (χ3n) is 4.50. The Morgan fingerprint density at radius 3 is 2.78 bits per heavy atom. The number of nitrogens with zero attached hydrogens (tertiary/aromatic N) is 4. The lowest BCUT2D eigenvalue weighted by Crippen LogP contribution is -2.34. The average Bonchev–Trinajstić information content (AvgIpc) is 2.92. The smallest absolute Gasteiger partial charge is 0.271 e. The summed E-state index contributed by atoms with van der Waals surface area (Å²) in [5.41, 5.74) is 2.29. The molecular weight excluding hydrogens is 290 g/mol. The van der Waals surface area contributed by atoms with Crippen LogP contribution < -0.4 is 0 Å². The van der Waals surface area contributed by atoms with Gasteiger partial charge in [0.05, 0.1) is 5.69 Å². The quantitative estimate of drug-likeness (QED) is 0.941. The van der Waals surface area contributed by atoms with Crippen molar-refractivity contribution in [3.8, 4) is 11.3 Å². The Kier molecular flexibility index (Phi) is 4.71. The molecule has 0 bridgehead atoms. The minimum absolute atomic E-state index is 0.0391. The van der Waals surface area contributed by atoms with E-state index in [1.165, 1.54) is 0 Å². The number of carbonyl (C=O) groups is 1. The highest BCUT2D eigenvalue weighted by Gasteiger charge is 2.23. The highest BCUT2D eigenvalue weighted by molar-refractivity contribution is 5.93. The van der Waals surface area contributed by atoms with Crippen molar-refractivity contribution in [3.05, 3.63) is 36.3 Å². The van der Waals surface area contributed by atoms with E-state index in [9.17, 15) is 4.79 Å². The van der Waals surface area contributed by atoms with Crippen LogP contribution in [0.25, 0.3) is 11.3 Å². The molecule has 0 radical (unpaired) electrons. The number of aromatic amines is 1. The summed E-state index contributed by atoms with van der Waals surface area (Å²) in [6, 6.07) is 6.16. The number of H-pyrrole nitrogens is 1. The summed E-state index contributed by atoms with van der Waals surface area (Å²) in [6.45, 7) is 1.61. The molecule has 6 heteroatoms. The third kappa shape index (κ3) is 3.59. The first-order valence-electron chi connectivity index (χ1n) is 8.06. The fourth-order valence-corrected chi connectivity index (χ4v) is 3.07. The van der Waals surface area contributed by atoms with Crippen LogP contribution in [0.15, 0.2) is 30.6 Å². The molecule has 1 aliphatic heterocycles. The second-order valence-corrected chi connectivity index (χ2v) is 6.24. The molecule has 0 aliphatic carbocycles. The van der Waals surface area contributed by atoms with Crippen molar-refractivity contribution in [1.29, 1.82) is 0 Å². The van der Waals surface area contributed by atoms with E-state index >= 15 is 0 Å². The minimum Gasteiger partial charge on any atom is -0.337 e. The first-order chi connectivity index (χ1) is 11.1.